The first kappa shape index (κ1) is 9.00. The zero-order valence-corrected chi connectivity index (χ0v) is 6.92. The topological polar surface area (TPSA) is 46.2 Å². The summed E-state index contributed by atoms with van der Waals surface area (Å²) in [5.74, 6) is -0.252. The van der Waals surface area contributed by atoms with E-state index in [4.69, 9.17) is 5.73 Å². The maximum absolute atomic E-state index is 12.7. The standard InChI is InChI=1S/C9H12FNO/c1-6(5-11)8-4-7(10)2-3-9(8)12/h2-4,6,12H,5,11H2,1H3. The normalized spacial score (nSPS) is 12.9. The summed E-state index contributed by atoms with van der Waals surface area (Å²) in [6.07, 6.45) is 0. The number of hydrogen-bond acceptors (Lipinski definition) is 2. The van der Waals surface area contributed by atoms with Gasteiger partial charge in [-0.15, -0.1) is 0 Å². The van der Waals surface area contributed by atoms with Gasteiger partial charge >= 0.3 is 0 Å². The van der Waals surface area contributed by atoms with Gasteiger partial charge in [0.05, 0.1) is 0 Å². The predicted octanol–water partition coefficient (Wildman–Crippen LogP) is 1.59. The molecule has 0 amide bonds. The molecule has 2 nitrogen and oxygen atoms in total. The van der Waals surface area contributed by atoms with E-state index in [0.29, 0.717) is 12.1 Å². The Balaban J connectivity index is 3.04. The Hall–Kier alpha value is -1.09. The van der Waals surface area contributed by atoms with Crippen LogP contribution in [0.5, 0.6) is 5.75 Å². The molecule has 3 N–H and O–H groups in total. The molecule has 0 aliphatic rings. The molecule has 0 spiro atoms. The molecule has 3 heteroatoms. The number of benzene rings is 1. The van der Waals surface area contributed by atoms with Crippen molar-refractivity contribution in [1.29, 1.82) is 0 Å². The monoisotopic (exact) mass is 169 g/mol. The molecule has 0 aromatic heterocycles. The van der Waals surface area contributed by atoms with Crippen LogP contribution >= 0.6 is 0 Å². The van der Waals surface area contributed by atoms with Crippen molar-refractivity contribution in [1.82, 2.24) is 0 Å². The number of phenolic OH excluding ortho intramolecular Hbond substituents is 1. The van der Waals surface area contributed by atoms with Gasteiger partial charge in [-0.25, -0.2) is 4.39 Å². The van der Waals surface area contributed by atoms with Crippen LogP contribution in [-0.2, 0) is 0 Å². The minimum absolute atomic E-state index is 0.0132. The quantitative estimate of drug-likeness (QED) is 0.706. The summed E-state index contributed by atoms with van der Waals surface area (Å²) in [5, 5.41) is 9.31. The van der Waals surface area contributed by atoms with Gasteiger partial charge in [-0.2, -0.15) is 0 Å². The van der Waals surface area contributed by atoms with E-state index in [2.05, 4.69) is 0 Å². The number of hydrogen-bond donors (Lipinski definition) is 2. The van der Waals surface area contributed by atoms with E-state index in [0.717, 1.165) is 0 Å². The molecular weight excluding hydrogens is 157 g/mol. The molecule has 66 valence electrons. The molecule has 0 aliphatic heterocycles. The highest BCUT2D eigenvalue weighted by Gasteiger charge is 2.09. The third kappa shape index (κ3) is 1.74. The molecule has 1 atom stereocenters. The van der Waals surface area contributed by atoms with Crippen molar-refractivity contribution < 1.29 is 9.50 Å². The predicted molar refractivity (Wildman–Crippen MR) is 45.5 cm³/mol. The largest absolute Gasteiger partial charge is 0.508 e. The highest BCUT2D eigenvalue weighted by atomic mass is 19.1. The van der Waals surface area contributed by atoms with Crippen LogP contribution in [0.4, 0.5) is 4.39 Å². The van der Waals surface area contributed by atoms with Gasteiger partial charge in [-0.1, -0.05) is 6.92 Å². The lowest BCUT2D eigenvalue weighted by Crippen LogP contribution is -2.09. The van der Waals surface area contributed by atoms with Crippen molar-refractivity contribution >= 4 is 0 Å². The van der Waals surface area contributed by atoms with Gasteiger partial charge in [0.25, 0.3) is 0 Å². The van der Waals surface area contributed by atoms with Crippen LogP contribution in [0.3, 0.4) is 0 Å². The summed E-state index contributed by atoms with van der Waals surface area (Å²) < 4.78 is 12.7. The maximum atomic E-state index is 12.7. The Morgan fingerprint density at radius 2 is 2.25 bits per heavy atom. The molecule has 0 saturated heterocycles. The van der Waals surface area contributed by atoms with E-state index >= 15 is 0 Å². The molecule has 0 aliphatic carbocycles. The fourth-order valence-corrected chi connectivity index (χ4v) is 1.05. The molecule has 0 radical (unpaired) electrons. The summed E-state index contributed by atoms with van der Waals surface area (Å²) in [5.41, 5.74) is 5.96. The highest BCUT2D eigenvalue weighted by Crippen LogP contribution is 2.25. The van der Waals surface area contributed by atoms with Crippen molar-refractivity contribution in [3.05, 3.63) is 29.6 Å². The van der Waals surface area contributed by atoms with E-state index in [-0.39, 0.29) is 17.5 Å². The van der Waals surface area contributed by atoms with Crippen molar-refractivity contribution in [2.24, 2.45) is 5.73 Å². The second kappa shape index (κ2) is 3.54. The van der Waals surface area contributed by atoms with Crippen molar-refractivity contribution in [2.75, 3.05) is 6.54 Å². The van der Waals surface area contributed by atoms with Gasteiger partial charge in [-0.05, 0) is 30.7 Å². The molecule has 0 bridgehead atoms. The van der Waals surface area contributed by atoms with E-state index in [9.17, 15) is 9.50 Å². The van der Waals surface area contributed by atoms with E-state index in [1.807, 2.05) is 6.92 Å². The van der Waals surface area contributed by atoms with Crippen LogP contribution in [-0.4, -0.2) is 11.7 Å². The molecule has 0 fully saturated rings. The molecule has 1 aromatic rings. The van der Waals surface area contributed by atoms with Crippen LogP contribution in [0.2, 0.25) is 0 Å². The number of phenols is 1. The lowest BCUT2D eigenvalue weighted by atomic mass is 10.0. The molecular formula is C9H12FNO. The fraction of sp³-hybridized carbons (Fsp3) is 0.333. The average Bonchev–Trinajstić information content (AvgIpc) is 2.08. The SMILES string of the molecule is CC(CN)c1cc(F)ccc1O. The van der Waals surface area contributed by atoms with Crippen LogP contribution in [0.25, 0.3) is 0 Å². The summed E-state index contributed by atoms with van der Waals surface area (Å²) in [4.78, 5) is 0. The van der Waals surface area contributed by atoms with Crippen LogP contribution in [0, 0.1) is 5.82 Å². The minimum Gasteiger partial charge on any atom is -0.508 e. The highest BCUT2D eigenvalue weighted by molar-refractivity contribution is 5.35. The van der Waals surface area contributed by atoms with Gasteiger partial charge in [-0.3, -0.25) is 0 Å². The second-order valence-corrected chi connectivity index (χ2v) is 2.84. The van der Waals surface area contributed by atoms with E-state index < -0.39 is 0 Å². The number of nitrogens with two attached hydrogens (primary N) is 1. The van der Waals surface area contributed by atoms with Crippen LogP contribution in [0.15, 0.2) is 18.2 Å². The third-order valence-corrected chi connectivity index (χ3v) is 1.87. The number of rotatable bonds is 2. The lowest BCUT2D eigenvalue weighted by molar-refractivity contribution is 0.460. The third-order valence-electron chi connectivity index (χ3n) is 1.87. The molecule has 1 aromatic carbocycles. The molecule has 1 rings (SSSR count). The average molecular weight is 169 g/mol. The Labute approximate surface area is 70.8 Å². The Bertz CT molecular complexity index is 275. The van der Waals surface area contributed by atoms with Crippen LogP contribution < -0.4 is 5.73 Å². The summed E-state index contributed by atoms with van der Waals surface area (Å²) >= 11 is 0. The summed E-state index contributed by atoms with van der Waals surface area (Å²) in [7, 11) is 0. The van der Waals surface area contributed by atoms with E-state index in [1.54, 1.807) is 0 Å². The first-order valence-electron chi connectivity index (χ1n) is 3.83. The van der Waals surface area contributed by atoms with Gasteiger partial charge < -0.3 is 10.8 Å². The van der Waals surface area contributed by atoms with Crippen molar-refractivity contribution in [2.45, 2.75) is 12.8 Å². The Morgan fingerprint density at radius 1 is 1.58 bits per heavy atom. The zero-order chi connectivity index (χ0) is 9.14. The second-order valence-electron chi connectivity index (χ2n) is 2.84. The summed E-state index contributed by atoms with van der Waals surface area (Å²) in [6, 6.07) is 3.88. The molecule has 12 heavy (non-hydrogen) atoms. The van der Waals surface area contributed by atoms with Gasteiger partial charge in [0, 0.05) is 5.56 Å². The van der Waals surface area contributed by atoms with Crippen molar-refractivity contribution in [3.63, 3.8) is 0 Å². The Kier molecular flexibility index (Phi) is 2.65. The molecule has 0 heterocycles. The first-order chi connectivity index (χ1) is 5.65. The summed E-state index contributed by atoms with van der Waals surface area (Å²) in [6.45, 7) is 2.24. The minimum atomic E-state index is -0.344. The number of halogens is 1. The maximum Gasteiger partial charge on any atom is 0.123 e. The van der Waals surface area contributed by atoms with Gasteiger partial charge in [0.2, 0.25) is 0 Å². The first-order valence-corrected chi connectivity index (χ1v) is 3.83. The van der Waals surface area contributed by atoms with Crippen molar-refractivity contribution in [3.8, 4) is 5.75 Å². The molecule has 0 saturated carbocycles. The van der Waals surface area contributed by atoms with Crippen LogP contribution in [0.1, 0.15) is 18.4 Å². The van der Waals surface area contributed by atoms with E-state index in [1.165, 1.54) is 18.2 Å². The lowest BCUT2D eigenvalue weighted by Gasteiger charge is -2.10. The molecule has 1 unspecified atom stereocenters. The zero-order valence-electron chi connectivity index (χ0n) is 6.92. The Morgan fingerprint density at radius 3 is 2.83 bits per heavy atom. The fourth-order valence-electron chi connectivity index (χ4n) is 1.05. The van der Waals surface area contributed by atoms with Gasteiger partial charge in [0.1, 0.15) is 11.6 Å². The van der Waals surface area contributed by atoms with Gasteiger partial charge in [0.15, 0.2) is 0 Å². The number of aromatic hydroxyl groups is 1. The smallest absolute Gasteiger partial charge is 0.123 e.